The van der Waals surface area contributed by atoms with Gasteiger partial charge in [-0.1, -0.05) is 23.6 Å². The highest BCUT2D eigenvalue weighted by Gasteiger charge is 2.44. The SMILES string of the molecule is CC(=O)COc1cc2cc(Nc3nc(C#CC4CCCN(Cc5ccc6c(c5)C(=O)N(C5CCC(=O)NC5=O)C6=O)C4)ncc3Cl)ccc2n(C)c1=O. The number of carbonyl (C=O) groups is 5. The molecule has 0 bridgehead atoms. The predicted octanol–water partition coefficient (Wildman–Crippen LogP) is 3.36. The number of halogens is 1. The number of ketones is 1. The van der Waals surface area contributed by atoms with Crippen LogP contribution >= 0.6 is 11.6 Å². The first-order valence-corrected chi connectivity index (χ1v) is 17.5. The Morgan fingerprint density at radius 1 is 1.06 bits per heavy atom. The van der Waals surface area contributed by atoms with Gasteiger partial charge in [-0.3, -0.25) is 43.9 Å². The summed E-state index contributed by atoms with van der Waals surface area (Å²) >= 11 is 6.45. The monoisotopic (exact) mass is 735 g/mol. The Hall–Kier alpha value is -5.91. The van der Waals surface area contributed by atoms with Crippen molar-refractivity contribution in [2.24, 2.45) is 13.0 Å². The molecule has 0 aliphatic carbocycles. The number of carbonyl (C=O) groups excluding carboxylic acids is 5. The highest BCUT2D eigenvalue weighted by molar-refractivity contribution is 6.32. The van der Waals surface area contributed by atoms with Crippen LogP contribution in [0.4, 0.5) is 11.5 Å². The van der Waals surface area contributed by atoms with Crippen LogP contribution in [0.3, 0.4) is 0 Å². The summed E-state index contributed by atoms with van der Waals surface area (Å²) in [4.78, 5) is 86.5. The van der Waals surface area contributed by atoms with Crippen molar-refractivity contribution in [3.05, 3.63) is 86.6 Å². The van der Waals surface area contributed by atoms with E-state index in [1.807, 2.05) is 12.1 Å². The molecular weight excluding hydrogens is 702 g/mol. The molecule has 2 unspecified atom stereocenters. The Balaban J connectivity index is 1.02. The number of piperidine rings is 2. The summed E-state index contributed by atoms with van der Waals surface area (Å²) in [5, 5.41) is 6.42. The first kappa shape index (κ1) is 35.5. The Kier molecular flexibility index (Phi) is 9.78. The lowest BCUT2D eigenvalue weighted by Crippen LogP contribution is -2.54. The van der Waals surface area contributed by atoms with Crippen LogP contribution < -0.4 is 20.9 Å². The molecule has 53 heavy (non-hydrogen) atoms. The van der Waals surface area contributed by atoms with Crippen molar-refractivity contribution < 1.29 is 28.7 Å². The van der Waals surface area contributed by atoms with Crippen LogP contribution in [0.2, 0.25) is 5.02 Å². The molecule has 2 aromatic carbocycles. The van der Waals surface area contributed by atoms with Crippen molar-refractivity contribution in [1.82, 2.24) is 29.7 Å². The maximum Gasteiger partial charge on any atom is 0.293 e. The summed E-state index contributed by atoms with van der Waals surface area (Å²) in [5.41, 5.74) is 2.34. The van der Waals surface area contributed by atoms with Gasteiger partial charge in [0.05, 0.1) is 22.8 Å². The van der Waals surface area contributed by atoms with E-state index in [1.165, 1.54) is 17.7 Å². The van der Waals surface area contributed by atoms with Gasteiger partial charge < -0.3 is 14.6 Å². The average molecular weight is 736 g/mol. The summed E-state index contributed by atoms with van der Waals surface area (Å²) in [6.07, 6.45) is 3.45. The van der Waals surface area contributed by atoms with E-state index < -0.39 is 29.7 Å². The Morgan fingerprint density at radius 2 is 1.87 bits per heavy atom. The summed E-state index contributed by atoms with van der Waals surface area (Å²) < 4.78 is 6.90. The lowest BCUT2D eigenvalue weighted by atomic mass is 9.97. The first-order chi connectivity index (χ1) is 25.4. The van der Waals surface area contributed by atoms with Gasteiger partial charge in [0, 0.05) is 43.5 Å². The summed E-state index contributed by atoms with van der Waals surface area (Å²) in [6, 6.07) is 11.2. The van der Waals surface area contributed by atoms with Gasteiger partial charge in [0.25, 0.3) is 17.4 Å². The van der Waals surface area contributed by atoms with Crippen molar-refractivity contribution in [2.75, 3.05) is 25.0 Å². The predicted molar refractivity (Wildman–Crippen MR) is 194 cm³/mol. The molecule has 14 nitrogen and oxygen atoms in total. The van der Waals surface area contributed by atoms with E-state index in [9.17, 15) is 28.8 Å². The molecule has 2 aromatic heterocycles. The molecule has 0 saturated carbocycles. The third kappa shape index (κ3) is 7.39. The second-order valence-corrected chi connectivity index (χ2v) is 13.7. The van der Waals surface area contributed by atoms with Gasteiger partial charge in [-0.2, -0.15) is 0 Å². The van der Waals surface area contributed by atoms with Crippen molar-refractivity contribution >= 4 is 63.4 Å². The van der Waals surface area contributed by atoms with E-state index in [1.54, 1.807) is 37.4 Å². The summed E-state index contributed by atoms with van der Waals surface area (Å²) in [5.74, 6) is 4.84. The standard InChI is InChI=1S/C38H34ClN7O7/c1-21(47)20-53-31-16-24-15-25(7-9-29(24)44(2)38(31)52)41-34-28(39)17-40-32(42-34)11-6-22-4-3-13-45(18-22)19-23-5-8-26-27(14-23)37(51)46(36(26)50)30-10-12-33(48)43-35(30)49/h5,7-9,14-17,22,30H,3-4,10,12-13,18-20H2,1-2H3,(H,40,41,42)(H,43,48,49). The van der Waals surface area contributed by atoms with Crippen molar-refractivity contribution in [3.8, 4) is 17.6 Å². The highest BCUT2D eigenvalue weighted by Crippen LogP contribution is 2.30. The molecule has 0 spiro atoms. The molecule has 2 N–H and O–H groups in total. The molecule has 2 saturated heterocycles. The number of likely N-dealkylation sites (tertiary alicyclic amines) is 1. The lowest BCUT2D eigenvalue weighted by molar-refractivity contribution is -0.136. The van der Waals surface area contributed by atoms with Crippen molar-refractivity contribution in [3.63, 3.8) is 0 Å². The van der Waals surface area contributed by atoms with E-state index >= 15 is 0 Å². The van der Waals surface area contributed by atoms with E-state index in [0.717, 1.165) is 29.8 Å². The van der Waals surface area contributed by atoms with Gasteiger partial charge in [0.1, 0.15) is 17.7 Å². The molecule has 5 heterocycles. The number of rotatable bonds is 8. The number of anilines is 2. The number of amides is 4. The number of ether oxygens (including phenoxy) is 1. The fourth-order valence-electron chi connectivity index (χ4n) is 6.82. The van der Waals surface area contributed by atoms with Crippen LogP contribution in [0.1, 0.15) is 64.7 Å². The smallest absolute Gasteiger partial charge is 0.293 e. The van der Waals surface area contributed by atoms with Crippen LogP contribution in [0, 0.1) is 17.8 Å². The van der Waals surface area contributed by atoms with Gasteiger partial charge in [-0.05, 0) is 80.6 Å². The zero-order valence-corrected chi connectivity index (χ0v) is 29.7. The van der Waals surface area contributed by atoms with Crippen LogP contribution in [0.15, 0.2) is 53.5 Å². The second-order valence-electron chi connectivity index (χ2n) is 13.3. The van der Waals surface area contributed by atoms with Gasteiger partial charge in [0.2, 0.25) is 17.6 Å². The number of fused-ring (bicyclic) bond motifs is 2. The topological polar surface area (TPSA) is 173 Å². The van der Waals surface area contributed by atoms with Crippen LogP contribution in [0.25, 0.3) is 10.9 Å². The van der Waals surface area contributed by atoms with Crippen LogP contribution in [0.5, 0.6) is 5.75 Å². The molecule has 15 heteroatoms. The highest BCUT2D eigenvalue weighted by atomic mass is 35.5. The molecule has 4 amide bonds. The number of Topliss-reactive ketones (excluding diaryl/α,β-unsaturated/α-hetero) is 1. The largest absolute Gasteiger partial charge is 0.480 e. The maximum atomic E-state index is 13.3. The molecular formula is C38H34ClN7O7. The Labute approximate surface area is 308 Å². The molecule has 2 fully saturated rings. The molecule has 270 valence electrons. The summed E-state index contributed by atoms with van der Waals surface area (Å²) in [6.45, 7) is 3.24. The molecule has 3 aliphatic rings. The fourth-order valence-corrected chi connectivity index (χ4v) is 6.96. The van der Waals surface area contributed by atoms with E-state index in [2.05, 4.69) is 37.3 Å². The third-order valence-corrected chi connectivity index (χ3v) is 9.71. The molecule has 4 aromatic rings. The number of nitrogens with one attached hydrogen (secondary N) is 2. The quantitative estimate of drug-likeness (QED) is 0.201. The number of hydrogen-bond acceptors (Lipinski definition) is 11. The number of imide groups is 2. The van der Waals surface area contributed by atoms with Gasteiger partial charge in [0.15, 0.2) is 17.4 Å². The number of pyridine rings is 1. The lowest BCUT2D eigenvalue weighted by Gasteiger charge is -2.30. The Bertz CT molecular complexity index is 2350. The van der Waals surface area contributed by atoms with Gasteiger partial charge >= 0.3 is 0 Å². The third-order valence-electron chi connectivity index (χ3n) is 9.43. The van der Waals surface area contributed by atoms with E-state index in [4.69, 9.17) is 16.3 Å². The normalized spacial score (nSPS) is 18.7. The number of benzene rings is 2. The summed E-state index contributed by atoms with van der Waals surface area (Å²) in [7, 11) is 1.63. The van der Waals surface area contributed by atoms with Crippen molar-refractivity contribution in [2.45, 2.75) is 45.2 Å². The van der Waals surface area contributed by atoms with Gasteiger partial charge in [-0.25, -0.2) is 9.97 Å². The zero-order chi connectivity index (χ0) is 37.4. The minimum Gasteiger partial charge on any atom is -0.480 e. The van der Waals surface area contributed by atoms with E-state index in [0.29, 0.717) is 46.3 Å². The van der Waals surface area contributed by atoms with Crippen LogP contribution in [-0.4, -0.2) is 79.5 Å². The molecule has 2 atom stereocenters. The van der Waals surface area contributed by atoms with Gasteiger partial charge in [-0.15, -0.1) is 0 Å². The van der Waals surface area contributed by atoms with E-state index in [-0.39, 0.29) is 53.6 Å². The first-order valence-electron chi connectivity index (χ1n) is 17.1. The number of aryl methyl sites for hydroxylation is 1. The molecule has 7 rings (SSSR count). The van der Waals surface area contributed by atoms with Crippen molar-refractivity contribution in [1.29, 1.82) is 0 Å². The minimum atomic E-state index is -1.01. The second kappa shape index (κ2) is 14.6. The van der Waals surface area contributed by atoms with Crippen LogP contribution in [-0.2, 0) is 28.0 Å². The number of aromatic nitrogens is 3. The molecule has 3 aliphatic heterocycles. The maximum absolute atomic E-state index is 13.3. The Morgan fingerprint density at radius 3 is 2.66 bits per heavy atom. The fraction of sp³-hybridized carbons (Fsp3) is 0.316. The average Bonchev–Trinajstić information content (AvgIpc) is 3.37. The number of nitrogens with zero attached hydrogens (tertiary/aromatic N) is 5. The zero-order valence-electron chi connectivity index (χ0n) is 28.9. The minimum absolute atomic E-state index is 0.0339. The number of hydrogen-bond donors (Lipinski definition) is 2. The molecule has 0 radical (unpaired) electrons.